The summed E-state index contributed by atoms with van der Waals surface area (Å²) in [6.45, 7) is -0.942. The Morgan fingerprint density at radius 1 is 1.11 bits per heavy atom. The van der Waals surface area contributed by atoms with Crippen molar-refractivity contribution in [3.8, 4) is 0 Å². The summed E-state index contributed by atoms with van der Waals surface area (Å²) in [5, 5.41) is 8.66. The van der Waals surface area contributed by atoms with Gasteiger partial charge in [-0.3, -0.25) is 0 Å². The summed E-state index contributed by atoms with van der Waals surface area (Å²) in [5.41, 5.74) is 4.48. The number of benzene rings is 1. The van der Waals surface area contributed by atoms with Crippen LogP contribution in [0.5, 0.6) is 0 Å². The van der Waals surface area contributed by atoms with Crippen LogP contribution in [0.1, 0.15) is 11.5 Å². The minimum atomic E-state index is -4.79. The van der Waals surface area contributed by atoms with Crippen LogP contribution in [0.15, 0.2) is 18.2 Å². The van der Waals surface area contributed by atoms with E-state index in [-0.39, 0.29) is 12.4 Å². The van der Waals surface area contributed by atoms with Gasteiger partial charge in [-0.1, -0.05) is 0 Å². The van der Waals surface area contributed by atoms with Gasteiger partial charge in [-0.25, -0.2) is 8.78 Å². The monoisotopic (exact) mass is 291 g/mol. The fourth-order valence-electron chi connectivity index (χ4n) is 1.54. The molecule has 0 fully saturated rings. The van der Waals surface area contributed by atoms with Crippen molar-refractivity contribution in [2.75, 3.05) is 6.61 Å². The van der Waals surface area contributed by atoms with Crippen LogP contribution in [0, 0.1) is 11.6 Å². The molecular formula is C10H11ClF5NO. The molecule has 0 saturated carbocycles. The molecule has 2 atom stereocenters. The maximum Gasteiger partial charge on any atom is 0.397 e. The van der Waals surface area contributed by atoms with E-state index in [9.17, 15) is 22.0 Å². The Bertz CT molecular complexity index is 378. The van der Waals surface area contributed by atoms with Crippen LogP contribution in [0.3, 0.4) is 0 Å². The van der Waals surface area contributed by atoms with Gasteiger partial charge in [0.2, 0.25) is 0 Å². The highest BCUT2D eigenvalue weighted by molar-refractivity contribution is 5.85. The standard InChI is InChI=1S/C10H10F5NO.ClH/c11-6-1-5(2-7(12)3-6)9(8(16)4-17)10(13,14)15;/h1-3,8-9,17H,4,16H2;1H/t8-,9-;/m0./s1. The van der Waals surface area contributed by atoms with Crippen LogP contribution in [0.4, 0.5) is 22.0 Å². The van der Waals surface area contributed by atoms with Gasteiger partial charge in [0.05, 0.1) is 12.5 Å². The first kappa shape index (κ1) is 17.1. The molecule has 3 N–H and O–H groups in total. The third-order valence-corrected chi connectivity index (χ3v) is 2.24. The average molecular weight is 292 g/mol. The maximum absolute atomic E-state index is 12.8. The topological polar surface area (TPSA) is 46.2 Å². The van der Waals surface area contributed by atoms with Crippen LogP contribution in [0.2, 0.25) is 0 Å². The summed E-state index contributed by atoms with van der Waals surface area (Å²) in [5.74, 6) is -4.56. The van der Waals surface area contributed by atoms with E-state index in [0.717, 1.165) is 0 Å². The van der Waals surface area contributed by atoms with Crippen LogP contribution < -0.4 is 5.73 Å². The first-order chi connectivity index (χ1) is 7.75. The van der Waals surface area contributed by atoms with Gasteiger partial charge in [-0.15, -0.1) is 12.4 Å². The zero-order valence-corrected chi connectivity index (χ0v) is 9.73. The van der Waals surface area contributed by atoms with E-state index in [1.54, 1.807) is 0 Å². The molecule has 0 aliphatic carbocycles. The first-order valence-electron chi connectivity index (χ1n) is 4.65. The SMILES string of the molecule is Cl.N[C@@H](CO)[C@H](c1cc(F)cc(F)c1)C(F)(F)F. The second-order valence-electron chi connectivity index (χ2n) is 3.57. The highest BCUT2D eigenvalue weighted by Gasteiger charge is 2.44. The molecule has 0 aliphatic heterocycles. The quantitative estimate of drug-likeness (QED) is 0.840. The average Bonchev–Trinajstić information content (AvgIpc) is 2.13. The Labute approximate surface area is 106 Å². The van der Waals surface area contributed by atoms with Crippen molar-refractivity contribution in [2.24, 2.45) is 5.73 Å². The fourth-order valence-corrected chi connectivity index (χ4v) is 1.54. The number of halogens is 6. The highest BCUT2D eigenvalue weighted by atomic mass is 35.5. The Hall–Kier alpha value is -0.920. The number of nitrogens with two attached hydrogens (primary N) is 1. The third kappa shape index (κ3) is 4.08. The lowest BCUT2D eigenvalue weighted by Crippen LogP contribution is -2.40. The molecule has 0 aliphatic rings. The Morgan fingerprint density at radius 2 is 1.56 bits per heavy atom. The molecule has 1 aromatic carbocycles. The van der Waals surface area contributed by atoms with Gasteiger partial charge >= 0.3 is 6.18 Å². The molecule has 0 amide bonds. The molecule has 0 saturated heterocycles. The van der Waals surface area contributed by atoms with Gasteiger partial charge in [-0.2, -0.15) is 13.2 Å². The van der Waals surface area contributed by atoms with Crippen molar-refractivity contribution in [3.63, 3.8) is 0 Å². The lowest BCUT2D eigenvalue weighted by atomic mass is 9.91. The van der Waals surface area contributed by atoms with Crippen LogP contribution >= 0.6 is 12.4 Å². The predicted molar refractivity (Wildman–Crippen MR) is 57.5 cm³/mol. The van der Waals surface area contributed by atoms with Crippen LogP contribution in [-0.4, -0.2) is 23.9 Å². The molecule has 0 aromatic heterocycles. The van der Waals surface area contributed by atoms with E-state index >= 15 is 0 Å². The van der Waals surface area contributed by atoms with Gasteiger partial charge in [-0.05, 0) is 17.7 Å². The largest absolute Gasteiger partial charge is 0.397 e. The summed E-state index contributed by atoms with van der Waals surface area (Å²) < 4.78 is 63.7. The van der Waals surface area contributed by atoms with Crippen LogP contribution in [-0.2, 0) is 0 Å². The van der Waals surface area contributed by atoms with Crippen molar-refractivity contribution in [1.82, 2.24) is 0 Å². The Balaban J connectivity index is 0.00000289. The van der Waals surface area contributed by atoms with Crippen LogP contribution in [0.25, 0.3) is 0 Å². The number of aliphatic hydroxyl groups excluding tert-OH is 1. The van der Waals surface area contributed by atoms with E-state index in [4.69, 9.17) is 10.8 Å². The molecule has 8 heteroatoms. The number of aliphatic hydroxyl groups is 1. The molecule has 0 radical (unpaired) electrons. The summed E-state index contributed by atoms with van der Waals surface area (Å²) in [4.78, 5) is 0. The van der Waals surface area contributed by atoms with Crippen molar-refractivity contribution < 1.29 is 27.1 Å². The smallest absolute Gasteiger partial charge is 0.395 e. The summed E-state index contributed by atoms with van der Waals surface area (Å²) in [6.07, 6.45) is -4.79. The van der Waals surface area contributed by atoms with Crippen molar-refractivity contribution in [1.29, 1.82) is 0 Å². The fraction of sp³-hybridized carbons (Fsp3) is 0.400. The minimum Gasteiger partial charge on any atom is -0.395 e. The summed E-state index contributed by atoms with van der Waals surface area (Å²) >= 11 is 0. The minimum absolute atomic E-state index is 0. The van der Waals surface area contributed by atoms with Gasteiger partial charge in [0.25, 0.3) is 0 Å². The number of alkyl halides is 3. The zero-order valence-electron chi connectivity index (χ0n) is 8.92. The molecule has 0 heterocycles. The van der Waals surface area contributed by atoms with E-state index in [1.807, 2.05) is 0 Å². The molecule has 0 spiro atoms. The van der Waals surface area contributed by atoms with E-state index in [2.05, 4.69) is 0 Å². The molecular weight excluding hydrogens is 281 g/mol. The molecule has 0 unspecified atom stereocenters. The molecule has 18 heavy (non-hydrogen) atoms. The lowest BCUT2D eigenvalue weighted by molar-refractivity contribution is -0.157. The number of hydrogen-bond acceptors (Lipinski definition) is 2. The normalized spacial score (nSPS) is 14.8. The second-order valence-corrected chi connectivity index (χ2v) is 3.57. The van der Waals surface area contributed by atoms with Gasteiger partial charge in [0, 0.05) is 12.1 Å². The molecule has 104 valence electrons. The predicted octanol–water partition coefficient (Wildman–Crippen LogP) is 2.35. The Kier molecular flexibility index (Phi) is 5.98. The summed E-state index contributed by atoms with van der Waals surface area (Å²) in [6, 6.07) is -0.106. The van der Waals surface area contributed by atoms with Gasteiger partial charge < -0.3 is 10.8 Å². The van der Waals surface area contributed by atoms with E-state index < -0.39 is 41.9 Å². The summed E-state index contributed by atoms with van der Waals surface area (Å²) in [7, 11) is 0. The highest BCUT2D eigenvalue weighted by Crippen LogP contribution is 2.37. The second kappa shape index (κ2) is 6.31. The molecule has 1 rings (SSSR count). The molecule has 1 aromatic rings. The van der Waals surface area contributed by atoms with Gasteiger partial charge in [0.1, 0.15) is 11.6 Å². The maximum atomic E-state index is 12.8. The van der Waals surface area contributed by atoms with E-state index in [0.29, 0.717) is 18.2 Å². The Morgan fingerprint density at radius 3 is 1.89 bits per heavy atom. The first-order valence-corrected chi connectivity index (χ1v) is 4.65. The zero-order chi connectivity index (χ0) is 13.2. The molecule has 2 nitrogen and oxygen atoms in total. The van der Waals surface area contributed by atoms with Crippen molar-refractivity contribution in [2.45, 2.75) is 18.1 Å². The number of hydrogen-bond donors (Lipinski definition) is 2. The lowest BCUT2D eigenvalue weighted by Gasteiger charge is -2.25. The third-order valence-electron chi connectivity index (χ3n) is 2.24. The van der Waals surface area contributed by atoms with Crippen molar-refractivity contribution >= 4 is 12.4 Å². The van der Waals surface area contributed by atoms with Gasteiger partial charge in [0.15, 0.2) is 0 Å². The molecule has 0 bridgehead atoms. The van der Waals surface area contributed by atoms with Crippen molar-refractivity contribution in [3.05, 3.63) is 35.4 Å². The van der Waals surface area contributed by atoms with E-state index in [1.165, 1.54) is 0 Å². The number of rotatable bonds is 3.